The minimum absolute atomic E-state index is 0.0824. The number of para-hydroxylation sites is 1. The third-order valence-corrected chi connectivity index (χ3v) is 7.22. The lowest BCUT2D eigenvalue weighted by atomic mass is 9.90. The number of morpholine rings is 1. The van der Waals surface area contributed by atoms with Gasteiger partial charge in [0.15, 0.2) is 5.60 Å². The fraction of sp³-hybridized carbons (Fsp3) is 0.517. The molecule has 2 aliphatic rings. The predicted octanol–water partition coefficient (Wildman–Crippen LogP) is 4.78. The van der Waals surface area contributed by atoms with Gasteiger partial charge in [0.1, 0.15) is 18.2 Å². The van der Waals surface area contributed by atoms with Gasteiger partial charge in [-0.1, -0.05) is 37.6 Å². The molecule has 1 spiro atoms. The van der Waals surface area contributed by atoms with Crippen LogP contribution in [0.1, 0.15) is 60.5 Å². The smallest absolute Gasteiger partial charge is 0.256 e. The van der Waals surface area contributed by atoms with E-state index < -0.39 is 11.4 Å². The summed E-state index contributed by atoms with van der Waals surface area (Å²) >= 11 is 0. The van der Waals surface area contributed by atoms with Gasteiger partial charge in [0.05, 0.1) is 19.7 Å². The number of hydrogen-bond donors (Lipinski definition) is 0. The molecule has 0 radical (unpaired) electrons. The van der Waals surface area contributed by atoms with Crippen LogP contribution in [-0.4, -0.2) is 66.6 Å². The van der Waals surface area contributed by atoms with Crippen molar-refractivity contribution < 1.29 is 23.5 Å². The second-order valence-electron chi connectivity index (χ2n) is 9.84. The minimum Gasteiger partial charge on any atom is -0.491 e. The molecule has 7 heteroatoms. The van der Waals surface area contributed by atoms with E-state index in [1.807, 2.05) is 23.1 Å². The van der Waals surface area contributed by atoms with E-state index in [-0.39, 0.29) is 25.0 Å². The van der Waals surface area contributed by atoms with Gasteiger partial charge in [-0.2, -0.15) is 0 Å². The first-order valence-corrected chi connectivity index (χ1v) is 13.1. The number of amides is 2. The molecule has 0 saturated carbocycles. The number of benzene rings is 2. The summed E-state index contributed by atoms with van der Waals surface area (Å²) < 4.78 is 26.5. The van der Waals surface area contributed by atoms with Crippen LogP contribution in [0.25, 0.3) is 0 Å². The number of carbonyl (C=O) groups is 2. The monoisotopic (exact) mass is 496 g/mol. The molecule has 2 heterocycles. The Hall–Kier alpha value is -2.93. The minimum atomic E-state index is -1.11. The fourth-order valence-corrected chi connectivity index (χ4v) is 5.05. The molecule has 1 saturated heterocycles. The molecule has 0 aliphatic carbocycles. The lowest BCUT2D eigenvalue weighted by molar-refractivity contribution is -0.170. The van der Waals surface area contributed by atoms with Crippen LogP contribution in [0.4, 0.5) is 4.39 Å². The molecule has 36 heavy (non-hydrogen) atoms. The maximum atomic E-state index is 14.2. The van der Waals surface area contributed by atoms with Gasteiger partial charge in [-0.15, -0.1) is 0 Å². The highest BCUT2D eigenvalue weighted by Gasteiger charge is 2.46. The van der Waals surface area contributed by atoms with Crippen molar-refractivity contribution in [2.24, 2.45) is 0 Å². The van der Waals surface area contributed by atoms with Crippen LogP contribution in [0.3, 0.4) is 0 Å². The van der Waals surface area contributed by atoms with Crippen molar-refractivity contribution in [3.05, 3.63) is 65.0 Å². The summed E-state index contributed by atoms with van der Waals surface area (Å²) in [6.07, 6.45) is 4.89. The van der Waals surface area contributed by atoms with Crippen LogP contribution in [0.2, 0.25) is 0 Å². The Bertz CT molecular complexity index is 1070. The quantitative estimate of drug-likeness (QED) is 0.611. The lowest BCUT2D eigenvalue weighted by Crippen LogP contribution is -2.62. The van der Waals surface area contributed by atoms with E-state index in [0.717, 1.165) is 37.9 Å². The van der Waals surface area contributed by atoms with Gasteiger partial charge >= 0.3 is 0 Å². The maximum Gasteiger partial charge on any atom is 0.256 e. The predicted molar refractivity (Wildman–Crippen MR) is 137 cm³/mol. The first-order valence-electron chi connectivity index (χ1n) is 13.1. The summed E-state index contributed by atoms with van der Waals surface area (Å²) in [4.78, 5) is 30.9. The second kappa shape index (κ2) is 11.9. The van der Waals surface area contributed by atoms with E-state index >= 15 is 0 Å². The number of rotatable bonds is 4. The normalized spacial score (nSPS) is 21.4. The Morgan fingerprint density at radius 3 is 2.75 bits per heavy atom. The Balaban J connectivity index is 1.59. The Morgan fingerprint density at radius 2 is 1.94 bits per heavy atom. The number of aryl methyl sites for hydroxylation is 2. The average molecular weight is 497 g/mol. The van der Waals surface area contributed by atoms with Gasteiger partial charge in [0.2, 0.25) is 0 Å². The summed E-state index contributed by atoms with van der Waals surface area (Å²) in [5.74, 6) is 0.123. The third-order valence-electron chi connectivity index (χ3n) is 7.22. The van der Waals surface area contributed by atoms with Crippen LogP contribution in [0, 0.1) is 12.7 Å². The second-order valence-corrected chi connectivity index (χ2v) is 9.84. The molecule has 0 aromatic heterocycles. The largest absolute Gasteiger partial charge is 0.491 e. The van der Waals surface area contributed by atoms with E-state index in [9.17, 15) is 14.0 Å². The molecule has 1 unspecified atom stereocenters. The summed E-state index contributed by atoms with van der Waals surface area (Å²) in [7, 11) is 0. The number of nitrogens with zero attached hydrogens (tertiary/aromatic N) is 2. The van der Waals surface area contributed by atoms with Crippen LogP contribution >= 0.6 is 0 Å². The number of carbonyl (C=O) groups excluding carboxylic acids is 2. The van der Waals surface area contributed by atoms with Crippen LogP contribution < -0.4 is 4.74 Å². The van der Waals surface area contributed by atoms with Crippen molar-refractivity contribution in [2.75, 3.05) is 39.4 Å². The standard InChI is InChI=1S/C29H37FN2O4/c1-3-4-15-31-16-18-35-26-11-6-5-9-23(26)10-7-8-14-29(28(31)34)21-32(17-19-36-29)27(33)24-13-12-22(2)25(30)20-24/h5-6,9,11-13,20H,3-4,7-8,10,14-19,21H2,1-2H3. The van der Waals surface area contributed by atoms with Gasteiger partial charge in [0, 0.05) is 18.7 Å². The number of fused-ring (bicyclic) bond motifs is 1. The van der Waals surface area contributed by atoms with E-state index in [0.29, 0.717) is 43.8 Å². The highest BCUT2D eigenvalue weighted by atomic mass is 19.1. The van der Waals surface area contributed by atoms with Gasteiger partial charge < -0.3 is 19.3 Å². The van der Waals surface area contributed by atoms with Gasteiger partial charge in [-0.05, 0) is 68.4 Å². The molecule has 1 atom stereocenters. The van der Waals surface area contributed by atoms with Crippen molar-refractivity contribution in [2.45, 2.75) is 58.0 Å². The van der Waals surface area contributed by atoms with Crippen molar-refractivity contribution in [1.29, 1.82) is 0 Å². The highest BCUT2D eigenvalue weighted by Crippen LogP contribution is 2.30. The van der Waals surface area contributed by atoms with Gasteiger partial charge in [-0.3, -0.25) is 9.59 Å². The molecule has 2 aromatic carbocycles. The third kappa shape index (κ3) is 5.89. The van der Waals surface area contributed by atoms with Crippen molar-refractivity contribution >= 4 is 11.8 Å². The van der Waals surface area contributed by atoms with Crippen molar-refractivity contribution in [1.82, 2.24) is 9.80 Å². The summed E-state index contributed by atoms with van der Waals surface area (Å²) in [5.41, 5.74) is 0.851. The molecular formula is C29H37FN2O4. The summed E-state index contributed by atoms with van der Waals surface area (Å²) in [6, 6.07) is 12.6. The van der Waals surface area contributed by atoms with Crippen LogP contribution in [0.5, 0.6) is 5.75 Å². The summed E-state index contributed by atoms with van der Waals surface area (Å²) in [5, 5.41) is 0. The van der Waals surface area contributed by atoms with Crippen LogP contribution in [0.15, 0.2) is 42.5 Å². The number of ether oxygens (including phenoxy) is 2. The molecule has 0 N–H and O–H groups in total. The van der Waals surface area contributed by atoms with Gasteiger partial charge in [-0.25, -0.2) is 4.39 Å². The first-order chi connectivity index (χ1) is 17.4. The molecule has 1 fully saturated rings. The molecular weight excluding hydrogens is 459 g/mol. The fourth-order valence-electron chi connectivity index (χ4n) is 5.05. The van der Waals surface area contributed by atoms with E-state index in [1.54, 1.807) is 24.0 Å². The number of halogens is 1. The van der Waals surface area contributed by atoms with E-state index in [4.69, 9.17) is 9.47 Å². The first kappa shape index (κ1) is 26.1. The van der Waals surface area contributed by atoms with Crippen molar-refractivity contribution in [3.63, 3.8) is 0 Å². The Labute approximate surface area is 213 Å². The van der Waals surface area contributed by atoms with Crippen molar-refractivity contribution in [3.8, 4) is 5.75 Å². The molecule has 194 valence electrons. The molecule has 0 bridgehead atoms. The Morgan fingerprint density at radius 1 is 1.11 bits per heavy atom. The lowest BCUT2D eigenvalue weighted by Gasteiger charge is -2.44. The summed E-state index contributed by atoms with van der Waals surface area (Å²) in [6.45, 7) is 6.04. The zero-order chi connectivity index (χ0) is 25.5. The molecule has 2 aliphatic heterocycles. The topological polar surface area (TPSA) is 59.1 Å². The molecule has 2 aromatic rings. The van der Waals surface area contributed by atoms with Crippen LogP contribution in [-0.2, 0) is 16.0 Å². The van der Waals surface area contributed by atoms with Gasteiger partial charge in [0.25, 0.3) is 11.8 Å². The number of unbranched alkanes of at least 4 members (excludes halogenated alkanes) is 1. The zero-order valence-corrected chi connectivity index (χ0v) is 21.4. The molecule has 2 amide bonds. The average Bonchev–Trinajstić information content (AvgIpc) is 2.89. The highest BCUT2D eigenvalue weighted by molar-refractivity contribution is 5.95. The molecule has 6 nitrogen and oxygen atoms in total. The maximum absolute atomic E-state index is 14.2. The molecule has 4 rings (SSSR count). The zero-order valence-electron chi connectivity index (χ0n) is 21.4. The van der Waals surface area contributed by atoms with E-state index in [2.05, 4.69) is 13.0 Å². The number of hydrogen-bond acceptors (Lipinski definition) is 4. The van der Waals surface area contributed by atoms with E-state index in [1.165, 1.54) is 11.6 Å². The Kier molecular flexibility index (Phi) is 8.62. The SMILES string of the molecule is CCCCN1CCOc2ccccc2CCCCC2(CN(C(=O)c3ccc(C)c(F)c3)CCO2)C1=O.